The Morgan fingerprint density at radius 2 is 1.79 bits per heavy atom. The first-order valence-electron chi connectivity index (χ1n) is 12.8. The van der Waals surface area contributed by atoms with Gasteiger partial charge in [-0.3, -0.25) is 9.59 Å². The molecule has 39 heavy (non-hydrogen) atoms. The van der Waals surface area contributed by atoms with Crippen molar-refractivity contribution in [1.82, 2.24) is 0 Å². The molecule has 1 aliphatic rings. The minimum Gasteiger partial charge on any atom is -0.457 e. The lowest BCUT2D eigenvalue weighted by molar-refractivity contribution is -0.154. The number of esters is 1. The van der Waals surface area contributed by atoms with Gasteiger partial charge in [-0.25, -0.2) is 0 Å². The molecule has 0 bridgehead atoms. The first kappa shape index (κ1) is 34.9. The molecule has 0 spiro atoms. The van der Waals surface area contributed by atoms with Crippen molar-refractivity contribution >= 4 is 23.5 Å². The van der Waals surface area contributed by atoms with Crippen LogP contribution >= 0.6 is 11.8 Å². The van der Waals surface area contributed by atoms with Crippen molar-refractivity contribution in [3.8, 4) is 0 Å². The smallest absolute Gasteiger partial charge is 0.412 e. The number of halogens is 3. The highest BCUT2D eigenvalue weighted by atomic mass is 32.2. The number of aliphatic hydroxyl groups is 2. The number of thioether (sulfide) groups is 1. The number of nitrogens with two attached hydrogens (primary N) is 2. The van der Waals surface area contributed by atoms with Crippen LogP contribution in [0.15, 0.2) is 45.9 Å². The molecule has 1 aliphatic heterocycles. The number of carbonyl (C=O) groups is 2. The monoisotopic (exact) mass is 576 g/mol. The molecular weight excluding hydrogens is 533 g/mol. The maximum Gasteiger partial charge on any atom is 0.412 e. The summed E-state index contributed by atoms with van der Waals surface area (Å²) in [5, 5.41) is 23.2. The molecule has 0 aromatic heterocycles. The second-order valence-corrected chi connectivity index (χ2v) is 12.2. The summed E-state index contributed by atoms with van der Waals surface area (Å²) < 4.78 is 47.2. The molecule has 0 fully saturated rings. The Balaban J connectivity index is 3.54. The molecule has 11 heteroatoms. The zero-order chi connectivity index (χ0) is 30.3. The van der Waals surface area contributed by atoms with E-state index in [1.165, 1.54) is 38.6 Å². The Morgan fingerprint density at radius 1 is 1.21 bits per heavy atom. The maximum absolute atomic E-state index is 13.9. The highest BCUT2D eigenvalue weighted by molar-refractivity contribution is 8.05. The van der Waals surface area contributed by atoms with E-state index in [-0.39, 0.29) is 12.8 Å². The SMILES string of the molecule is C=C(C)S/C=C(N)/C=C(\C)[C@@H]1C/C=C(/C(F)(F)F)CC(N)C[C@H](C)[C@H](O)[C@@H](C)C(=O)C(C)(C)[C@@H](O)CC(=O)O1. The molecule has 6 N–H and O–H groups in total. The number of aliphatic hydroxyl groups excluding tert-OH is 2. The first-order valence-corrected chi connectivity index (χ1v) is 13.7. The van der Waals surface area contributed by atoms with Crippen LogP contribution in [0.25, 0.3) is 0 Å². The molecule has 0 radical (unpaired) electrons. The van der Waals surface area contributed by atoms with E-state index in [0.717, 1.165) is 11.0 Å². The molecule has 0 amide bonds. The average Bonchev–Trinajstić information content (AvgIpc) is 2.81. The van der Waals surface area contributed by atoms with Gasteiger partial charge in [-0.2, -0.15) is 13.2 Å². The van der Waals surface area contributed by atoms with Gasteiger partial charge in [-0.1, -0.05) is 40.3 Å². The van der Waals surface area contributed by atoms with Crippen molar-refractivity contribution in [1.29, 1.82) is 0 Å². The Bertz CT molecular complexity index is 990. The normalized spacial score (nSPS) is 32.3. The minimum absolute atomic E-state index is 0.0360. The third kappa shape index (κ3) is 10.8. The number of hydrogen-bond acceptors (Lipinski definition) is 8. The van der Waals surface area contributed by atoms with Crippen LogP contribution in [0, 0.1) is 17.3 Å². The summed E-state index contributed by atoms with van der Waals surface area (Å²) in [6, 6.07) is -0.952. The van der Waals surface area contributed by atoms with E-state index in [4.69, 9.17) is 16.2 Å². The molecule has 1 heterocycles. The lowest BCUT2D eigenvalue weighted by Gasteiger charge is -2.35. The number of ether oxygens (including phenoxy) is 1. The van der Waals surface area contributed by atoms with Gasteiger partial charge in [0.25, 0.3) is 0 Å². The molecule has 1 rings (SSSR count). The van der Waals surface area contributed by atoms with Crippen molar-refractivity contribution in [2.45, 2.75) is 97.8 Å². The van der Waals surface area contributed by atoms with Crippen LogP contribution in [-0.4, -0.2) is 52.5 Å². The Labute approximate surface area is 233 Å². The van der Waals surface area contributed by atoms with E-state index in [1.807, 2.05) is 0 Å². The summed E-state index contributed by atoms with van der Waals surface area (Å²) in [6.45, 7) is 13.2. The number of cyclic esters (lactones) is 1. The first-order chi connectivity index (χ1) is 17.8. The summed E-state index contributed by atoms with van der Waals surface area (Å²) in [5.74, 6) is -2.93. The van der Waals surface area contributed by atoms with Crippen LogP contribution in [0.4, 0.5) is 13.2 Å². The van der Waals surface area contributed by atoms with Gasteiger partial charge in [0.15, 0.2) is 0 Å². The lowest BCUT2D eigenvalue weighted by Crippen LogP contribution is -2.46. The molecule has 1 unspecified atom stereocenters. The number of hydrogen-bond donors (Lipinski definition) is 4. The summed E-state index contributed by atoms with van der Waals surface area (Å²) in [7, 11) is 0. The molecular formula is C28H43F3N2O5S. The van der Waals surface area contributed by atoms with Crippen LogP contribution in [-0.2, 0) is 14.3 Å². The minimum atomic E-state index is -4.68. The number of allylic oxidation sites excluding steroid dienone is 2. The van der Waals surface area contributed by atoms with Gasteiger partial charge in [0, 0.05) is 29.7 Å². The second kappa shape index (κ2) is 14.5. The molecule has 0 aromatic carbocycles. The Kier molecular flexibility index (Phi) is 13.0. The standard InChI is InChI=1S/C28H43F3N2O5S/c1-15(2)39-14-21(33)10-16(3)22-9-8-19(28(29,30)31)12-20(32)11-17(4)25(36)18(5)26(37)27(6,7)23(34)13-24(35)38-22/h8,10,14,17-18,20,22-23,25,34,36H,1,9,11-13,32-33H2,2-7H3/b16-10+,19-8+,21-14-/t17-,18+,20?,22-,23-,25-/m0/s1. The fraction of sp³-hybridized carbons (Fsp3) is 0.643. The van der Waals surface area contributed by atoms with E-state index in [9.17, 15) is 33.0 Å². The molecule has 0 saturated heterocycles. The molecule has 0 aliphatic carbocycles. The van der Waals surface area contributed by atoms with Gasteiger partial charge >= 0.3 is 12.1 Å². The van der Waals surface area contributed by atoms with Gasteiger partial charge < -0.3 is 26.4 Å². The molecule has 222 valence electrons. The average molecular weight is 577 g/mol. The maximum atomic E-state index is 13.9. The van der Waals surface area contributed by atoms with Crippen LogP contribution in [0.5, 0.6) is 0 Å². The number of ketones is 1. The number of rotatable bonds is 4. The van der Waals surface area contributed by atoms with Gasteiger partial charge in [0.05, 0.1) is 24.0 Å². The van der Waals surface area contributed by atoms with Gasteiger partial charge in [-0.15, -0.1) is 11.8 Å². The quantitative estimate of drug-likeness (QED) is 0.211. The third-order valence-corrected chi connectivity index (χ3v) is 7.80. The predicted molar refractivity (Wildman–Crippen MR) is 148 cm³/mol. The van der Waals surface area contributed by atoms with E-state index in [0.29, 0.717) is 11.3 Å². The van der Waals surface area contributed by atoms with Crippen LogP contribution < -0.4 is 11.5 Å². The van der Waals surface area contributed by atoms with Gasteiger partial charge in [-0.05, 0) is 54.6 Å². The predicted octanol–water partition coefficient (Wildman–Crippen LogP) is 4.89. The molecule has 0 saturated carbocycles. The Morgan fingerprint density at radius 3 is 2.33 bits per heavy atom. The number of alkyl halides is 3. The fourth-order valence-electron chi connectivity index (χ4n) is 4.45. The number of carbonyl (C=O) groups excluding carboxylic acids is 2. The van der Waals surface area contributed by atoms with E-state index >= 15 is 0 Å². The molecule has 0 aromatic rings. The molecule has 6 atom stereocenters. The van der Waals surface area contributed by atoms with Crippen molar-refractivity contribution in [2.75, 3.05) is 0 Å². The van der Waals surface area contributed by atoms with Crippen molar-refractivity contribution < 1.29 is 37.7 Å². The summed E-state index contributed by atoms with van der Waals surface area (Å²) in [6.07, 6.45) is -7.38. The van der Waals surface area contributed by atoms with Crippen LogP contribution in [0.3, 0.4) is 0 Å². The second-order valence-electron chi connectivity index (χ2n) is 11.0. The topological polar surface area (TPSA) is 136 Å². The van der Waals surface area contributed by atoms with Crippen molar-refractivity contribution in [3.63, 3.8) is 0 Å². The summed E-state index contributed by atoms with van der Waals surface area (Å²) in [4.78, 5) is 26.8. The largest absolute Gasteiger partial charge is 0.457 e. The zero-order valence-corrected chi connectivity index (χ0v) is 24.4. The highest BCUT2D eigenvalue weighted by Gasteiger charge is 2.43. The zero-order valence-electron chi connectivity index (χ0n) is 23.5. The van der Waals surface area contributed by atoms with Crippen LogP contribution in [0.1, 0.15) is 67.2 Å². The van der Waals surface area contributed by atoms with E-state index in [1.54, 1.807) is 26.2 Å². The number of Topliss-reactive ketones (excluding diaryl/α,β-unsaturated/α-hetero) is 1. The summed E-state index contributed by atoms with van der Waals surface area (Å²) >= 11 is 1.27. The third-order valence-electron chi connectivity index (χ3n) is 7.01. The summed E-state index contributed by atoms with van der Waals surface area (Å²) in [5.41, 5.74) is 10.5. The lowest BCUT2D eigenvalue weighted by atomic mass is 9.72. The van der Waals surface area contributed by atoms with E-state index < -0.39 is 77.9 Å². The van der Waals surface area contributed by atoms with Gasteiger partial charge in [0.1, 0.15) is 11.9 Å². The van der Waals surface area contributed by atoms with Gasteiger partial charge in [0.2, 0.25) is 0 Å². The van der Waals surface area contributed by atoms with Crippen LogP contribution in [0.2, 0.25) is 0 Å². The van der Waals surface area contributed by atoms with E-state index in [2.05, 4.69) is 6.58 Å². The van der Waals surface area contributed by atoms with Crippen molar-refractivity contribution in [2.24, 2.45) is 28.7 Å². The Hall–Kier alpha value is -2.08. The highest BCUT2D eigenvalue weighted by Crippen LogP contribution is 2.34. The fourth-order valence-corrected chi connectivity index (χ4v) is 4.86. The molecule has 7 nitrogen and oxygen atoms in total. The van der Waals surface area contributed by atoms with Crippen molar-refractivity contribution in [3.05, 3.63) is 45.9 Å².